The molecule has 3 rings (SSSR count). The van der Waals surface area contributed by atoms with Crippen LogP contribution in [0.15, 0.2) is 36.4 Å². The normalized spacial score (nSPS) is 10.7. The third-order valence-corrected chi connectivity index (χ3v) is 4.24. The zero-order valence-corrected chi connectivity index (χ0v) is 15.4. The van der Waals surface area contributed by atoms with Gasteiger partial charge < -0.3 is 16.2 Å². The molecule has 1 amide bonds. The van der Waals surface area contributed by atoms with Crippen LogP contribution in [-0.2, 0) is 6.54 Å². The third kappa shape index (κ3) is 3.85. The summed E-state index contributed by atoms with van der Waals surface area (Å²) < 4.78 is 7.04. The summed E-state index contributed by atoms with van der Waals surface area (Å²) in [5.74, 6) is 0.157. The Hall–Kier alpha value is -2.48. The highest BCUT2D eigenvalue weighted by molar-refractivity contribution is 6.37. The maximum Gasteiger partial charge on any atom is 0.273 e. The molecule has 1 aromatic heterocycles. The SMILES string of the molecule is NC(=O)c1nnn(Cc2cc(Cl)c(Oc3ccc(Cl)cc3)c(Cl)c2)c1N. The molecule has 26 heavy (non-hydrogen) atoms. The van der Waals surface area contributed by atoms with Gasteiger partial charge in [0.25, 0.3) is 5.91 Å². The van der Waals surface area contributed by atoms with E-state index in [9.17, 15) is 4.79 Å². The van der Waals surface area contributed by atoms with Gasteiger partial charge in [0.2, 0.25) is 0 Å². The van der Waals surface area contributed by atoms with Crippen molar-refractivity contribution in [2.75, 3.05) is 5.73 Å². The smallest absolute Gasteiger partial charge is 0.273 e. The number of nitrogens with two attached hydrogens (primary N) is 2. The van der Waals surface area contributed by atoms with Gasteiger partial charge in [-0.1, -0.05) is 40.0 Å². The summed E-state index contributed by atoms with van der Waals surface area (Å²) >= 11 is 18.4. The minimum Gasteiger partial charge on any atom is -0.454 e. The van der Waals surface area contributed by atoms with Gasteiger partial charge in [-0.05, 0) is 42.0 Å². The van der Waals surface area contributed by atoms with Gasteiger partial charge in [-0.25, -0.2) is 4.68 Å². The number of hydrogen-bond donors (Lipinski definition) is 2. The first kappa shape index (κ1) is 18.3. The Morgan fingerprint density at radius 3 is 2.27 bits per heavy atom. The van der Waals surface area contributed by atoms with Gasteiger partial charge in [0.1, 0.15) is 5.75 Å². The van der Waals surface area contributed by atoms with Crippen LogP contribution in [0, 0.1) is 0 Å². The Morgan fingerprint density at radius 1 is 1.12 bits per heavy atom. The fraction of sp³-hybridized carbons (Fsp3) is 0.0625. The molecule has 10 heteroatoms. The molecule has 0 spiro atoms. The fourth-order valence-electron chi connectivity index (χ4n) is 2.21. The van der Waals surface area contributed by atoms with Crippen molar-refractivity contribution in [2.45, 2.75) is 6.54 Å². The van der Waals surface area contributed by atoms with Gasteiger partial charge in [-0.15, -0.1) is 5.10 Å². The second-order valence-electron chi connectivity index (χ2n) is 5.29. The number of benzene rings is 2. The number of nitrogens with zero attached hydrogens (tertiary/aromatic N) is 3. The summed E-state index contributed by atoms with van der Waals surface area (Å²) in [6.07, 6.45) is 0. The molecule has 0 atom stereocenters. The number of nitrogen functional groups attached to an aromatic ring is 1. The summed E-state index contributed by atoms with van der Waals surface area (Å²) in [5.41, 5.74) is 11.6. The Kier molecular flexibility index (Phi) is 5.22. The van der Waals surface area contributed by atoms with E-state index in [1.54, 1.807) is 36.4 Å². The molecule has 0 saturated carbocycles. The van der Waals surface area contributed by atoms with Crippen molar-refractivity contribution < 1.29 is 9.53 Å². The number of carbonyl (C=O) groups excluding carboxylic acids is 1. The Bertz CT molecular complexity index is 950. The third-order valence-electron chi connectivity index (χ3n) is 3.43. The number of rotatable bonds is 5. The average Bonchev–Trinajstić information content (AvgIpc) is 2.94. The van der Waals surface area contributed by atoms with E-state index in [1.807, 2.05) is 0 Å². The molecule has 0 radical (unpaired) electrons. The number of ether oxygens (including phenoxy) is 1. The molecule has 0 aliphatic carbocycles. The number of hydrogen-bond acceptors (Lipinski definition) is 5. The highest BCUT2D eigenvalue weighted by atomic mass is 35.5. The van der Waals surface area contributed by atoms with Gasteiger partial charge in [-0.3, -0.25) is 4.79 Å². The summed E-state index contributed by atoms with van der Waals surface area (Å²) in [4.78, 5) is 11.2. The molecule has 0 saturated heterocycles. The van der Waals surface area contributed by atoms with Gasteiger partial charge in [-0.2, -0.15) is 0 Å². The topological polar surface area (TPSA) is 109 Å². The number of carbonyl (C=O) groups is 1. The molecular formula is C16H12Cl3N5O2. The highest BCUT2D eigenvalue weighted by Crippen LogP contribution is 2.37. The average molecular weight is 413 g/mol. The number of primary amides is 1. The Morgan fingerprint density at radius 2 is 1.73 bits per heavy atom. The van der Waals surface area contributed by atoms with Gasteiger partial charge in [0, 0.05) is 5.02 Å². The van der Waals surface area contributed by atoms with Crippen LogP contribution in [-0.4, -0.2) is 20.9 Å². The molecule has 0 aliphatic rings. The van der Waals surface area contributed by atoms with E-state index in [4.69, 9.17) is 51.0 Å². The van der Waals surface area contributed by atoms with Gasteiger partial charge in [0.15, 0.2) is 17.3 Å². The number of aromatic nitrogens is 3. The minimum atomic E-state index is -0.753. The van der Waals surface area contributed by atoms with E-state index in [0.29, 0.717) is 32.1 Å². The Balaban J connectivity index is 1.85. The predicted molar refractivity (Wildman–Crippen MR) is 100 cm³/mol. The molecular weight excluding hydrogens is 401 g/mol. The number of halogens is 3. The molecule has 3 aromatic rings. The summed E-state index contributed by atoms with van der Waals surface area (Å²) in [6.45, 7) is 0.201. The largest absolute Gasteiger partial charge is 0.454 e. The van der Waals surface area contributed by atoms with Crippen molar-refractivity contribution in [1.82, 2.24) is 15.0 Å². The van der Waals surface area contributed by atoms with Crippen LogP contribution < -0.4 is 16.2 Å². The highest BCUT2D eigenvalue weighted by Gasteiger charge is 2.16. The van der Waals surface area contributed by atoms with Crippen molar-refractivity contribution in [2.24, 2.45) is 5.73 Å². The maximum absolute atomic E-state index is 11.2. The summed E-state index contributed by atoms with van der Waals surface area (Å²) in [7, 11) is 0. The van der Waals surface area contributed by atoms with Crippen molar-refractivity contribution in [3.63, 3.8) is 0 Å². The molecule has 0 bridgehead atoms. The first-order valence-corrected chi connectivity index (χ1v) is 8.38. The molecule has 0 unspecified atom stereocenters. The van der Waals surface area contributed by atoms with E-state index in [0.717, 1.165) is 0 Å². The standard InChI is InChI=1S/C16H12Cl3N5O2/c17-9-1-3-10(4-2-9)26-14-11(18)5-8(6-12(14)19)7-24-15(20)13(16(21)25)22-23-24/h1-6H,7,20H2,(H2,21,25). The van der Waals surface area contributed by atoms with Crippen molar-refractivity contribution >= 4 is 46.5 Å². The lowest BCUT2D eigenvalue weighted by atomic mass is 10.2. The number of anilines is 1. The first-order chi connectivity index (χ1) is 12.3. The molecule has 0 fully saturated rings. The van der Waals surface area contributed by atoms with Crippen molar-refractivity contribution in [1.29, 1.82) is 0 Å². The fourth-order valence-corrected chi connectivity index (χ4v) is 2.94. The lowest BCUT2D eigenvalue weighted by molar-refractivity contribution is 0.0996. The van der Waals surface area contributed by atoms with E-state index >= 15 is 0 Å². The molecule has 7 nitrogen and oxygen atoms in total. The number of amides is 1. The van der Waals surface area contributed by atoms with Crippen LogP contribution in [0.4, 0.5) is 5.82 Å². The van der Waals surface area contributed by atoms with Crippen molar-refractivity contribution in [3.05, 3.63) is 62.7 Å². The lowest BCUT2D eigenvalue weighted by Gasteiger charge is -2.12. The van der Waals surface area contributed by atoms with Gasteiger partial charge >= 0.3 is 0 Å². The molecule has 2 aromatic carbocycles. The lowest BCUT2D eigenvalue weighted by Crippen LogP contribution is -2.15. The van der Waals surface area contributed by atoms with Crippen molar-refractivity contribution in [3.8, 4) is 11.5 Å². The van der Waals surface area contributed by atoms with Crippen LogP contribution in [0.5, 0.6) is 11.5 Å². The van der Waals surface area contributed by atoms with E-state index in [2.05, 4.69) is 10.3 Å². The van der Waals surface area contributed by atoms with Crippen LogP contribution in [0.3, 0.4) is 0 Å². The second-order valence-corrected chi connectivity index (χ2v) is 6.54. The quantitative estimate of drug-likeness (QED) is 0.663. The summed E-state index contributed by atoms with van der Waals surface area (Å²) in [5, 5.41) is 8.64. The summed E-state index contributed by atoms with van der Waals surface area (Å²) in [6, 6.07) is 10.1. The zero-order chi connectivity index (χ0) is 18.8. The second kappa shape index (κ2) is 7.41. The maximum atomic E-state index is 11.2. The minimum absolute atomic E-state index is 0.0613. The van der Waals surface area contributed by atoms with Crippen LogP contribution in [0.2, 0.25) is 15.1 Å². The predicted octanol–water partition coefficient (Wildman–Crippen LogP) is 3.76. The molecule has 134 valence electrons. The van der Waals surface area contributed by atoms with E-state index < -0.39 is 5.91 Å². The van der Waals surface area contributed by atoms with Gasteiger partial charge in [0.05, 0.1) is 16.6 Å². The zero-order valence-electron chi connectivity index (χ0n) is 13.1. The van der Waals surface area contributed by atoms with Crippen LogP contribution in [0.25, 0.3) is 0 Å². The first-order valence-electron chi connectivity index (χ1n) is 7.25. The molecule has 0 aliphatic heterocycles. The van der Waals surface area contributed by atoms with E-state index in [1.165, 1.54) is 4.68 Å². The molecule has 4 N–H and O–H groups in total. The monoisotopic (exact) mass is 411 g/mol. The Labute approximate surface area is 163 Å². The van der Waals surface area contributed by atoms with Crippen LogP contribution >= 0.6 is 34.8 Å². The van der Waals surface area contributed by atoms with Crippen LogP contribution in [0.1, 0.15) is 16.1 Å². The molecule has 1 heterocycles. The van der Waals surface area contributed by atoms with E-state index in [-0.39, 0.29) is 18.1 Å².